The van der Waals surface area contributed by atoms with Gasteiger partial charge in [0.1, 0.15) is 5.76 Å². The van der Waals surface area contributed by atoms with Crippen molar-refractivity contribution in [1.82, 2.24) is 4.98 Å². The summed E-state index contributed by atoms with van der Waals surface area (Å²) in [5.74, 6) is 0.207. The Bertz CT molecular complexity index is 1250. The van der Waals surface area contributed by atoms with Crippen molar-refractivity contribution in [3.05, 3.63) is 77.5 Å². The van der Waals surface area contributed by atoms with Crippen molar-refractivity contribution in [2.45, 2.75) is 23.1 Å². The molecule has 0 saturated carbocycles. The number of para-hydroxylation sites is 2. The molecule has 0 atom stereocenters. The number of thiophene rings is 1. The number of fused-ring (bicyclic) bond motifs is 2. The Balaban J connectivity index is 1.29. The van der Waals surface area contributed by atoms with Crippen LogP contribution in [0.15, 0.2) is 80.3 Å². The van der Waals surface area contributed by atoms with Crippen LogP contribution in [0.5, 0.6) is 0 Å². The van der Waals surface area contributed by atoms with Gasteiger partial charge in [0.2, 0.25) is 5.89 Å². The molecule has 0 N–H and O–H groups in total. The van der Waals surface area contributed by atoms with Crippen LogP contribution in [-0.2, 0) is 20.7 Å². The second kappa shape index (κ2) is 8.64. The number of ether oxygens (including phenoxy) is 1. The first-order chi connectivity index (χ1) is 15.6. The van der Waals surface area contributed by atoms with Crippen LogP contribution in [0.4, 0.5) is 11.4 Å². The lowest BCUT2D eigenvalue weighted by Gasteiger charge is -2.30. The van der Waals surface area contributed by atoms with Crippen LogP contribution in [0.2, 0.25) is 0 Å². The fourth-order valence-corrected chi connectivity index (χ4v) is 5.17. The number of aryl methyl sites for hydroxylation is 1. The van der Waals surface area contributed by atoms with E-state index >= 15 is 0 Å². The number of carbonyl (C=O) groups excluding carboxylic acids is 2. The number of nitrogens with zero attached hydrogens (tertiary/aromatic N) is 2. The lowest BCUT2D eigenvalue weighted by Crippen LogP contribution is -2.32. The lowest BCUT2D eigenvalue weighted by molar-refractivity contribution is -0.147. The summed E-state index contributed by atoms with van der Waals surface area (Å²) >= 11 is 3.12. The summed E-state index contributed by atoms with van der Waals surface area (Å²) in [6, 6.07) is 19.2. The molecule has 1 aliphatic rings. The first-order valence-corrected chi connectivity index (χ1v) is 11.6. The predicted molar refractivity (Wildman–Crippen MR) is 123 cm³/mol. The Kier molecular flexibility index (Phi) is 5.55. The van der Waals surface area contributed by atoms with Crippen molar-refractivity contribution in [2.75, 3.05) is 11.5 Å². The molecule has 1 aliphatic heterocycles. The summed E-state index contributed by atoms with van der Waals surface area (Å²) in [6.07, 6.45) is -0.0585. The van der Waals surface area contributed by atoms with Gasteiger partial charge in [-0.15, -0.1) is 11.3 Å². The molecule has 32 heavy (non-hydrogen) atoms. The molecule has 2 aromatic heterocycles. The first-order valence-electron chi connectivity index (χ1n) is 9.95. The highest BCUT2D eigenvalue weighted by atomic mass is 32.2. The number of aromatic nitrogens is 1. The van der Waals surface area contributed by atoms with Gasteiger partial charge in [-0.05, 0) is 42.6 Å². The highest BCUT2D eigenvalue weighted by molar-refractivity contribution is 7.99. The molecular weight excluding hydrogens is 444 g/mol. The zero-order valence-electron chi connectivity index (χ0n) is 17.1. The molecule has 0 aliphatic carbocycles. The van der Waals surface area contributed by atoms with Gasteiger partial charge >= 0.3 is 5.97 Å². The minimum absolute atomic E-state index is 0.0585. The molecule has 0 fully saturated rings. The fraction of sp³-hybridized carbons (Fsp3) is 0.125. The summed E-state index contributed by atoms with van der Waals surface area (Å²) in [5, 5.41) is 1.93. The molecule has 0 saturated heterocycles. The van der Waals surface area contributed by atoms with E-state index in [1.807, 2.05) is 66.0 Å². The predicted octanol–water partition coefficient (Wildman–Crippen LogP) is 5.63. The third kappa shape index (κ3) is 3.94. The van der Waals surface area contributed by atoms with E-state index in [2.05, 4.69) is 4.98 Å². The van der Waals surface area contributed by atoms with Gasteiger partial charge in [-0.1, -0.05) is 42.1 Å². The van der Waals surface area contributed by atoms with Gasteiger partial charge in [0.05, 0.1) is 28.4 Å². The molecule has 6 nitrogen and oxygen atoms in total. The number of amides is 1. The van der Waals surface area contributed by atoms with Crippen molar-refractivity contribution in [3.63, 3.8) is 0 Å². The average molecular weight is 463 g/mol. The largest absolute Gasteiger partial charge is 0.455 e. The third-order valence-corrected chi connectivity index (χ3v) is 6.96. The van der Waals surface area contributed by atoms with Crippen LogP contribution in [-0.4, -0.2) is 23.5 Å². The van der Waals surface area contributed by atoms with Gasteiger partial charge in [0.25, 0.3) is 5.91 Å². The number of hydrogen-bond donors (Lipinski definition) is 0. The van der Waals surface area contributed by atoms with Crippen molar-refractivity contribution < 1.29 is 18.7 Å². The van der Waals surface area contributed by atoms with Crippen LogP contribution in [0, 0.1) is 6.92 Å². The van der Waals surface area contributed by atoms with Gasteiger partial charge < -0.3 is 9.15 Å². The molecular formula is C24H18N2O4S2. The quantitative estimate of drug-likeness (QED) is 0.358. The standard InChI is InChI=1S/C24H18N2O4S2/c1-15-16(25-24(30-15)21-11-6-12-31-21)13-23(28)29-14-22(27)26-17-7-2-4-9-19(17)32-20-10-5-3-8-18(20)26/h2-12H,13-14H2,1H3. The summed E-state index contributed by atoms with van der Waals surface area (Å²) < 4.78 is 11.0. The van der Waals surface area contributed by atoms with Crippen molar-refractivity contribution >= 4 is 46.3 Å². The number of anilines is 2. The number of hydrogen-bond acceptors (Lipinski definition) is 7. The molecule has 0 spiro atoms. The van der Waals surface area contributed by atoms with Crippen LogP contribution in [0.3, 0.4) is 0 Å². The Morgan fingerprint density at radius 3 is 2.34 bits per heavy atom. The minimum atomic E-state index is -0.527. The molecule has 160 valence electrons. The molecule has 0 unspecified atom stereocenters. The lowest BCUT2D eigenvalue weighted by atomic mass is 10.2. The highest BCUT2D eigenvalue weighted by Gasteiger charge is 2.28. The maximum absolute atomic E-state index is 13.1. The number of esters is 1. The molecule has 1 amide bonds. The molecule has 0 radical (unpaired) electrons. The molecule has 8 heteroatoms. The summed E-state index contributed by atoms with van der Waals surface area (Å²) in [7, 11) is 0. The van der Waals surface area contributed by atoms with Gasteiger partial charge in [0, 0.05) is 9.79 Å². The Labute approximate surface area is 192 Å². The van der Waals surface area contributed by atoms with Crippen molar-refractivity contribution in [1.29, 1.82) is 0 Å². The number of oxazole rings is 1. The second-order valence-electron chi connectivity index (χ2n) is 7.10. The third-order valence-electron chi connectivity index (χ3n) is 4.97. The van der Waals surface area contributed by atoms with E-state index in [0.29, 0.717) is 17.3 Å². The molecule has 4 aromatic rings. The topological polar surface area (TPSA) is 72.6 Å². The Morgan fingerprint density at radius 2 is 1.69 bits per heavy atom. The maximum atomic E-state index is 13.1. The Hall–Kier alpha value is -3.36. The molecule has 0 bridgehead atoms. The van der Waals surface area contributed by atoms with E-state index in [1.165, 1.54) is 11.3 Å². The van der Waals surface area contributed by atoms with Crippen LogP contribution in [0.1, 0.15) is 11.5 Å². The fourth-order valence-electron chi connectivity index (χ4n) is 3.47. The van der Waals surface area contributed by atoms with E-state index in [9.17, 15) is 9.59 Å². The average Bonchev–Trinajstić information content (AvgIpc) is 3.46. The van der Waals surface area contributed by atoms with Crippen molar-refractivity contribution in [2.24, 2.45) is 0 Å². The van der Waals surface area contributed by atoms with E-state index in [1.54, 1.807) is 23.6 Å². The van der Waals surface area contributed by atoms with Gasteiger partial charge in [-0.25, -0.2) is 4.98 Å². The number of carbonyl (C=O) groups is 2. The SMILES string of the molecule is Cc1oc(-c2cccs2)nc1CC(=O)OCC(=O)N1c2ccccc2Sc2ccccc21. The molecule has 2 aromatic carbocycles. The smallest absolute Gasteiger partial charge is 0.312 e. The molecule has 3 heterocycles. The highest BCUT2D eigenvalue weighted by Crippen LogP contribution is 2.47. The van der Waals surface area contributed by atoms with E-state index in [4.69, 9.17) is 9.15 Å². The monoisotopic (exact) mass is 462 g/mol. The number of benzene rings is 2. The van der Waals surface area contributed by atoms with E-state index in [-0.39, 0.29) is 18.9 Å². The zero-order valence-corrected chi connectivity index (χ0v) is 18.7. The summed E-state index contributed by atoms with van der Waals surface area (Å²) in [6.45, 7) is 1.40. The van der Waals surface area contributed by atoms with Crippen LogP contribution < -0.4 is 4.90 Å². The zero-order chi connectivity index (χ0) is 22.1. The van der Waals surface area contributed by atoms with Crippen LogP contribution >= 0.6 is 23.1 Å². The maximum Gasteiger partial charge on any atom is 0.312 e. The van der Waals surface area contributed by atoms with Crippen molar-refractivity contribution in [3.8, 4) is 10.8 Å². The van der Waals surface area contributed by atoms with E-state index < -0.39 is 5.97 Å². The van der Waals surface area contributed by atoms with Gasteiger partial charge in [0.15, 0.2) is 6.61 Å². The van der Waals surface area contributed by atoms with Gasteiger partial charge in [-0.3, -0.25) is 14.5 Å². The summed E-state index contributed by atoms with van der Waals surface area (Å²) in [5.41, 5.74) is 2.08. The minimum Gasteiger partial charge on any atom is -0.455 e. The van der Waals surface area contributed by atoms with Crippen LogP contribution in [0.25, 0.3) is 10.8 Å². The first kappa shape index (κ1) is 20.5. The van der Waals surface area contributed by atoms with E-state index in [0.717, 1.165) is 26.0 Å². The normalized spacial score (nSPS) is 12.2. The second-order valence-corrected chi connectivity index (χ2v) is 9.13. The summed E-state index contributed by atoms with van der Waals surface area (Å²) in [4.78, 5) is 34.5. The Morgan fingerprint density at radius 1 is 1.00 bits per heavy atom. The number of rotatable bonds is 5. The molecule has 5 rings (SSSR count). The van der Waals surface area contributed by atoms with Gasteiger partial charge in [-0.2, -0.15) is 0 Å².